The quantitative estimate of drug-likeness (QED) is 0.563. The largest absolute Gasteiger partial charge is 0.354 e. The normalized spacial score (nSPS) is 13.0. The standard InChI is InChI=1S/C8H11NO/c1-7(6-10)8-4-3-5-9(8)2/h3-7H,1-2H3. The van der Waals surface area contributed by atoms with E-state index in [9.17, 15) is 4.79 Å². The molecule has 0 radical (unpaired) electrons. The zero-order chi connectivity index (χ0) is 7.56. The number of carbonyl (C=O) groups excluding carboxylic acids is 1. The molecule has 0 amide bonds. The fourth-order valence-corrected chi connectivity index (χ4v) is 1.02. The second kappa shape index (κ2) is 2.69. The first-order valence-corrected chi connectivity index (χ1v) is 3.32. The Bertz CT molecular complexity index is 227. The third-order valence-electron chi connectivity index (χ3n) is 1.65. The highest BCUT2D eigenvalue weighted by Crippen LogP contribution is 2.11. The monoisotopic (exact) mass is 137 g/mol. The van der Waals surface area contributed by atoms with E-state index >= 15 is 0 Å². The summed E-state index contributed by atoms with van der Waals surface area (Å²) in [7, 11) is 1.94. The number of hydrogen-bond donors (Lipinski definition) is 0. The molecule has 1 unspecified atom stereocenters. The Morgan fingerprint density at radius 1 is 1.70 bits per heavy atom. The Morgan fingerprint density at radius 3 is 2.80 bits per heavy atom. The van der Waals surface area contributed by atoms with Crippen LogP contribution in [0.25, 0.3) is 0 Å². The van der Waals surface area contributed by atoms with Gasteiger partial charge in [-0.3, -0.25) is 0 Å². The van der Waals surface area contributed by atoms with Crippen molar-refractivity contribution in [2.75, 3.05) is 0 Å². The first kappa shape index (κ1) is 7.06. The van der Waals surface area contributed by atoms with Crippen molar-refractivity contribution in [2.24, 2.45) is 7.05 Å². The Morgan fingerprint density at radius 2 is 2.40 bits per heavy atom. The van der Waals surface area contributed by atoms with Gasteiger partial charge in [0.05, 0.1) is 5.92 Å². The maximum Gasteiger partial charge on any atom is 0.128 e. The Kier molecular flexibility index (Phi) is 1.90. The maximum atomic E-state index is 10.3. The summed E-state index contributed by atoms with van der Waals surface area (Å²) < 4.78 is 1.96. The van der Waals surface area contributed by atoms with Crippen molar-refractivity contribution in [3.63, 3.8) is 0 Å². The van der Waals surface area contributed by atoms with Crippen molar-refractivity contribution < 1.29 is 4.79 Å². The van der Waals surface area contributed by atoms with Crippen molar-refractivity contribution in [3.05, 3.63) is 24.0 Å². The van der Waals surface area contributed by atoms with Gasteiger partial charge in [0.2, 0.25) is 0 Å². The van der Waals surface area contributed by atoms with Crippen molar-refractivity contribution in [1.29, 1.82) is 0 Å². The van der Waals surface area contributed by atoms with Crippen molar-refractivity contribution >= 4 is 6.29 Å². The predicted octanol–water partition coefficient (Wildman–Crippen LogP) is 1.33. The minimum absolute atomic E-state index is 0.0139. The highest BCUT2D eigenvalue weighted by molar-refractivity contribution is 5.60. The summed E-state index contributed by atoms with van der Waals surface area (Å²) in [4.78, 5) is 10.3. The van der Waals surface area contributed by atoms with Crippen molar-refractivity contribution in [3.8, 4) is 0 Å². The molecule has 1 rings (SSSR count). The van der Waals surface area contributed by atoms with Gasteiger partial charge >= 0.3 is 0 Å². The average molecular weight is 137 g/mol. The van der Waals surface area contributed by atoms with Crippen LogP contribution in [0.1, 0.15) is 18.5 Å². The van der Waals surface area contributed by atoms with Crippen LogP contribution in [-0.4, -0.2) is 10.9 Å². The van der Waals surface area contributed by atoms with Gasteiger partial charge in [-0.2, -0.15) is 0 Å². The van der Waals surface area contributed by atoms with Crippen LogP contribution in [0, 0.1) is 0 Å². The number of aryl methyl sites for hydroxylation is 1. The van der Waals surface area contributed by atoms with E-state index in [2.05, 4.69) is 0 Å². The van der Waals surface area contributed by atoms with Crippen LogP contribution >= 0.6 is 0 Å². The lowest BCUT2D eigenvalue weighted by molar-refractivity contribution is -0.108. The van der Waals surface area contributed by atoms with Gasteiger partial charge in [0.25, 0.3) is 0 Å². The maximum absolute atomic E-state index is 10.3. The first-order valence-electron chi connectivity index (χ1n) is 3.32. The van der Waals surface area contributed by atoms with Crippen LogP contribution in [0.5, 0.6) is 0 Å². The second-order valence-corrected chi connectivity index (χ2v) is 2.47. The Hall–Kier alpha value is -1.05. The van der Waals surface area contributed by atoms with Crippen molar-refractivity contribution in [1.82, 2.24) is 4.57 Å². The molecule has 0 spiro atoms. The minimum atomic E-state index is 0.0139. The first-order chi connectivity index (χ1) is 4.75. The Balaban J connectivity index is 2.92. The van der Waals surface area contributed by atoms with Crippen molar-refractivity contribution in [2.45, 2.75) is 12.8 Å². The van der Waals surface area contributed by atoms with Gasteiger partial charge in [0.15, 0.2) is 0 Å². The van der Waals surface area contributed by atoms with E-state index in [1.165, 1.54) is 0 Å². The molecule has 0 bridgehead atoms. The van der Waals surface area contributed by atoms with E-state index in [1.807, 2.05) is 36.9 Å². The topological polar surface area (TPSA) is 22.0 Å². The molecule has 0 N–H and O–H groups in total. The number of rotatable bonds is 2. The molecule has 2 nitrogen and oxygen atoms in total. The molecule has 0 aliphatic carbocycles. The molecule has 10 heavy (non-hydrogen) atoms. The second-order valence-electron chi connectivity index (χ2n) is 2.47. The highest BCUT2D eigenvalue weighted by Gasteiger charge is 2.04. The van der Waals surface area contributed by atoms with E-state index < -0.39 is 0 Å². The van der Waals surface area contributed by atoms with Gasteiger partial charge in [-0.25, -0.2) is 0 Å². The molecular formula is C8H11NO. The van der Waals surface area contributed by atoms with Gasteiger partial charge in [-0.1, -0.05) is 6.92 Å². The number of hydrogen-bond acceptors (Lipinski definition) is 1. The fraction of sp³-hybridized carbons (Fsp3) is 0.375. The van der Waals surface area contributed by atoms with E-state index in [4.69, 9.17) is 0 Å². The number of aldehydes is 1. The molecule has 1 aromatic rings. The summed E-state index contributed by atoms with van der Waals surface area (Å²) in [6.07, 6.45) is 2.89. The molecule has 0 aromatic carbocycles. The molecule has 0 saturated heterocycles. The molecule has 0 fully saturated rings. The summed E-state index contributed by atoms with van der Waals surface area (Å²) in [5.74, 6) is 0.0139. The van der Waals surface area contributed by atoms with E-state index in [0.29, 0.717) is 0 Å². The van der Waals surface area contributed by atoms with Crippen LogP contribution in [0.4, 0.5) is 0 Å². The van der Waals surface area contributed by atoms with Gasteiger partial charge in [0, 0.05) is 18.9 Å². The van der Waals surface area contributed by atoms with Crippen LogP contribution in [0.3, 0.4) is 0 Å². The minimum Gasteiger partial charge on any atom is -0.354 e. The lowest BCUT2D eigenvalue weighted by atomic mass is 10.1. The molecule has 2 heteroatoms. The molecule has 0 saturated carbocycles. The summed E-state index contributed by atoms with van der Waals surface area (Å²) in [6, 6.07) is 3.90. The highest BCUT2D eigenvalue weighted by atomic mass is 16.1. The number of aromatic nitrogens is 1. The lowest BCUT2D eigenvalue weighted by Gasteiger charge is -2.03. The smallest absolute Gasteiger partial charge is 0.128 e. The molecule has 0 aliphatic heterocycles. The molecule has 1 heterocycles. The van der Waals surface area contributed by atoms with E-state index in [0.717, 1.165) is 12.0 Å². The molecular weight excluding hydrogens is 126 g/mol. The summed E-state index contributed by atoms with van der Waals surface area (Å²) in [6.45, 7) is 1.89. The molecule has 54 valence electrons. The van der Waals surface area contributed by atoms with E-state index in [1.54, 1.807) is 0 Å². The van der Waals surface area contributed by atoms with Gasteiger partial charge in [-0.05, 0) is 12.1 Å². The van der Waals surface area contributed by atoms with Gasteiger partial charge in [0.1, 0.15) is 6.29 Å². The predicted molar refractivity (Wildman–Crippen MR) is 39.9 cm³/mol. The van der Waals surface area contributed by atoms with Crippen LogP contribution in [0.15, 0.2) is 18.3 Å². The number of nitrogens with zero attached hydrogens (tertiary/aromatic N) is 1. The third-order valence-corrected chi connectivity index (χ3v) is 1.65. The Labute approximate surface area is 60.5 Å². The summed E-state index contributed by atoms with van der Waals surface area (Å²) in [5, 5.41) is 0. The van der Waals surface area contributed by atoms with E-state index in [-0.39, 0.29) is 5.92 Å². The molecule has 1 atom stereocenters. The van der Waals surface area contributed by atoms with Crippen LogP contribution in [0.2, 0.25) is 0 Å². The molecule has 0 aliphatic rings. The zero-order valence-corrected chi connectivity index (χ0v) is 6.24. The third kappa shape index (κ3) is 1.10. The van der Waals surface area contributed by atoms with Crippen LogP contribution in [-0.2, 0) is 11.8 Å². The van der Waals surface area contributed by atoms with Gasteiger partial charge in [-0.15, -0.1) is 0 Å². The lowest BCUT2D eigenvalue weighted by Crippen LogP contribution is -2.00. The summed E-state index contributed by atoms with van der Waals surface area (Å²) >= 11 is 0. The SMILES string of the molecule is CC(C=O)c1cccn1C. The zero-order valence-electron chi connectivity index (χ0n) is 6.24. The average Bonchev–Trinajstić information content (AvgIpc) is 2.34. The van der Waals surface area contributed by atoms with Gasteiger partial charge < -0.3 is 9.36 Å². The number of carbonyl (C=O) groups is 1. The van der Waals surface area contributed by atoms with Crippen LogP contribution < -0.4 is 0 Å². The summed E-state index contributed by atoms with van der Waals surface area (Å²) in [5.41, 5.74) is 1.06. The molecule has 1 aromatic heterocycles. The fourth-order valence-electron chi connectivity index (χ4n) is 1.02.